The van der Waals surface area contributed by atoms with Crippen LogP contribution in [-0.4, -0.2) is 22.3 Å². The Kier molecular flexibility index (Phi) is 3.73. The maximum absolute atomic E-state index is 13.2. The van der Waals surface area contributed by atoms with Gasteiger partial charge in [-0.3, -0.25) is 4.79 Å². The van der Waals surface area contributed by atoms with E-state index >= 15 is 0 Å². The van der Waals surface area contributed by atoms with Crippen molar-refractivity contribution in [2.75, 3.05) is 6.54 Å². The molecule has 3 aromatic rings. The van der Waals surface area contributed by atoms with Gasteiger partial charge >= 0.3 is 0 Å². The van der Waals surface area contributed by atoms with Crippen molar-refractivity contribution in [3.63, 3.8) is 0 Å². The zero-order valence-corrected chi connectivity index (χ0v) is 13.2. The summed E-state index contributed by atoms with van der Waals surface area (Å²) in [6.07, 6.45) is 1.84. The number of halogens is 1. The summed E-state index contributed by atoms with van der Waals surface area (Å²) in [4.78, 5) is 19.3. The fraction of sp³-hybridized carbons (Fsp3) is 0.200. The van der Waals surface area contributed by atoms with Gasteiger partial charge in [0, 0.05) is 11.9 Å². The van der Waals surface area contributed by atoms with Crippen LogP contribution in [0.25, 0.3) is 10.9 Å². The van der Waals surface area contributed by atoms with Gasteiger partial charge < -0.3 is 4.90 Å². The minimum Gasteiger partial charge on any atom is -0.330 e. The van der Waals surface area contributed by atoms with E-state index in [1.165, 1.54) is 12.1 Å². The summed E-state index contributed by atoms with van der Waals surface area (Å²) in [7, 11) is 0. The zero-order valence-electron chi connectivity index (χ0n) is 13.2. The van der Waals surface area contributed by atoms with Crippen LogP contribution in [-0.2, 0) is 0 Å². The standard InChI is InChI=1S/C20H17FN2O/c21-16-10-7-15(8-11-16)19-6-3-13-23(19)20(24)18-12-9-14-4-1-2-5-17(14)22-18/h1-2,4-5,7-12,19H,3,6,13H2/t19-/m0/s1. The molecule has 0 saturated carbocycles. The number of aromatic nitrogens is 1. The van der Waals surface area contributed by atoms with Gasteiger partial charge in [0.15, 0.2) is 0 Å². The van der Waals surface area contributed by atoms with Gasteiger partial charge in [0.2, 0.25) is 0 Å². The molecule has 3 nitrogen and oxygen atoms in total. The van der Waals surface area contributed by atoms with Crippen molar-refractivity contribution >= 4 is 16.8 Å². The second kappa shape index (κ2) is 6.04. The maximum Gasteiger partial charge on any atom is 0.272 e. The van der Waals surface area contributed by atoms with Crippen LogP contribution in [0.3, 0.4) is 0 Å². The highest BCUT2D eigenvalue weighted by atomic mass is 19.1. The molecular weight excluding hydrogens is 303 g/mol. The third-order valence-electron chi connectivity index (χ3n) is 4.59. The lowest BCUT2D eigenvalue weighted by molar-refractivity contribution is 0.0730. The lowest BCUT2D eigenvalue weighted by atomic mass is 10.0. The molecule has 24 heavy (non-hydrogen) atoms. The molecule has 120 valence electrons. The summed E-state index contributed by atoms with van der Waals surface area (Å²) in [5, 5.41) is 1.02. The van der Waals surface area contributed by atoms with Crippen molar-refractivity contribution in [1.29, 1.82) is 0 Å². The van der Waals surface area contributed by atoms with Crippen LogP contribution in [0.1, 0.15) is 34.9 Å². The van der Waals surface area contributed by atoms with Crippen molar-refractivity contribution in [1.82, 2.24) is 9.88 Å². The minimum atomic E-state index is -0.259. The SMILES string of the molecule is O=C(c1ccc2ccccc2n1)N1CCC[C@H]1c1ccc(F)cc1. The number of rotatable bonds is 2. The zero-order chi connectivity index (χ0) is 16.5. The van der Waals surface area contributed by atoms with Crippen molar-refractivity contribution in [3.05, 3.63) is 77.7 Å². The first-order valence-corrected chi connectivity index (χ1v) is 8.14. The first kappa shape index (κ1) is 14.8. The van der Waals surface area contributed by atoms with Crippen LogP contribution in [0.2, 0.25) is 0 Å². The monoisotopic (exact) mass is 320 g/mol. The van der Waals surface area contributed by atoms with Crippen LogP contribution in [0.4, 0.5) is 4.39 Å². The molecule has 1 atom stereocenters. The van der Waals surface area contributed by atoms with E-state index in [1.54, 1.807) is 18.2 Å². The number of para-hydroxylation sites is 1. The predicted molar refractivity (Wildman–Crippen MR) is 91.2 cm³/mol. The number of amides is 1. The van der Waals surface area contributed by atoms with E-state index in [9.17, 15) is 9.18 Å². The molecule has 1 saturated heterocycles. The summed E-state index contributed by atoms with van der Waals surface area (Å²) >= 11 is 0. The summed E-state index contributed by atoms with van der Waals surface area (Å²) in [6.45, 7) is 0.704. The topological polar surface area (TPSA) is 33.2 Å². The Hall–Kier alpha value is -2.75. The molecule has 1 fully saturated rings. The summed E-state index contributed by atoms with van der Waals surface area (Å²) in [5.74, 6) is -0.321. The van der Waals surface area contributed by atoms with E-state index in [2.05, 4.69) is 4.98 Å². The van der Waals surface area contributed by atoms with Crippen LogP contribution in [0, 0.1) is 5.82 Å². The highest BCUT2D eigenvalue weighted by Crippen LogP contribution is 2.33. The number of hydrogen-bond donors (Lipinski definition) is 0. The molecule has 4 heteroatoms. The fourth-order valence-electron chi connectivity index (χ4n) is 3.37. The average molecular weight is 320 g/mol. The third kappa shape index (κ3) is 2.64. The smallest absolute Gasteiger partial charge is 0.272 e. The molecule has 0 radical (unpaired) electrons. The molecule has 0 N–H and O–H groups in total. The second-order valence-corrected chi connectivity index (χ2v) is 6.10. The number of benzene rings is 2. The van der Waals surface area contributed by atoms with E-state index in [0.717, 1.165) is 29.3 Å². The highest BCUT2D eigenvalue weighted by Gasteiger charge is 2.31. The van der Waals surface area contributed by atoms with Gasteiger partial charge in [0.1, 0.15) is 11.5 Å². The lowest BCUT2D eigenvalue weighted by Gasteiger charge is -2.25. The Labute approximate surface area is 139 Å². The normalized spacial score (nSPS) is 17.4. The molecule has 4 rings (SSSR count). The molecule has 2 heterocycles. The van der Waals surface area contributed by atoms with Gasteiger partial charge in [-0.25, -0.2) is 9.37 Å². The van der Waals surface area contributed by atoms with Crippen LogP contribution in [0.15, 0.2) is 60.7 Å². The molecule has 1 aliphatic heterocycles. The summed E-state index contributed by atoms with van der Waals surface area (Å²) < 4.78 is 13.2. The van der Waals surface area contributed by atoms with E-state index in [-0.39, 0.29) is 17.8 Å². The number of carbonyl (C=O) groups is 1. The Morgan fingerprint density at radius 2 is 1.83 bits per heavy atom. The Bertz CT molecular complexity index is 892. The van der Waals surface area contributed by atoms with Gasteiger partial charge in [-0.15, -0.1) is 0 Å². The van der Waals surface area contributed by atoms with Gasteiger partial charge in [-0.2, -0.15) is 0 Å². The van der Waals surface area contributed by atoms with Crippen LogP contribution < -0.4 is 0 Å². The first-order valence-electron chi connectivity index (χ1n) is 8.14. The van der Waals surface area contributed by atoms with Gasteiger partial charge in [-0.05, 0) is 42.7 Å². The largest absolute Gasteiger partial charge is 0.330 e. The van der Waals surface area contributed by atoms with Gasteiger partial charge in [-0.1, -0.05) is 36.4 Å². The molecule has 0 spiro atoms. The van der Waals surface area contributed by atoms with E-state index in [1.807, 2.05) is 35.2 Å². The van der Waals surface area contributed by atoms with Gasteiger partial charge in [0.25, 0.3) is 5.91 Å². The molecule has 0 aliphatic carbocycles. The molecule has 2 aromatic carbocycles. The average Bonchev–Trinajstić information content (AvgIpc) is 3.11. The highest BCUT2D eigenvalue weighted by molar-refractivity contribution is 5.95. The van der Waals surface area contributed by atoms with E-state index in [0.29, 0.717) is 12.2 Å². The Morgan fingerprint density at radius 3 is 2.67 bits per heavy atom. The fourth-order valence-corrected chi connectivity index (χ4v) is 3.37. The minimum absolute atomic E-state index is 0.00799. The number of nitrogens with zero attached hydrogens (tertiary/aromatic N) is 2. The number of carbonyl (C=O) groups excluding carboxylic acids is 1. The maximum atomic E-state index is 13.2. The number of pyridine rings is 1. The van der Waals surface area contributed by atoms with Gasteiger partial charge in [0.05, 0.1) is 11.6 Å². The predicted octanol–water partition coefficient (Wildman–Crippen LogP) is 4.35. The summed E-state index contributed by atoms with van der Waals surface area (Å²) in [5.41, 5.74) is 2.26. The Balaban J connectivity index is 1.65. The molecule has 0 unspecified atom stereocenters. The number of fused-ring (bicyclic) bond motifs is 1. The molecular formula is C20H17FN2O. The van der Waals surface area contributed by atoms with E-state index < -0.39 is 0 Å². The lowest BCUT2D eigenvalue weighted by Crippen LogP contribution is -2.31. The van der Waals surface area contributed by atoms with Crippen molar-refractivity contribution in [3.8, 4) is 0 Å². The number of hydrogen-bond acceptors (Lipinski definition) is 2. The van der Waals surface area contributed by atoms with Crippen molar-refractivity contribution in [2.45, 2.75) is 18.9 Å². The molecule has 0 bridgehead atoms. The van der Waals surface area contributed by atoms with Crippen LogP contribution >= 0.6 is 0 Å². The quantitative estimate of drug-likeness (QED) is 0.703. The van der Waals surface area contributed by atoms with Crippen molar-refractivity contribution in [2.24, 2.45) is 0 Å². The van der Waals surface area contributed by atoms with Crippen LogP contribution in [0.5, 0.6) is 0 Å². The molecule has 1 aromatic heterocycles. The molecule has 1 amide bonds. The second-order valence-electron chi connectivity index (χ2n) is 6.10. The van der Waals surface area contributed by atoms with E-state index in [4.69, 9.17) is 0 Å². The third-order valence-corrected chi connectivity index (χ3v) is 4.59. The molecule has 1 aliphatic rings. The first-order chi connectivity index (χ1) is 11.7. The summed E-state index contributed by atoms with van der Waals surface area (Å²) in [6, 6.07) is 17.9. The Morgan fingerprint density at radius 1 is 1.04 bits per heavy atom. The number of likely N-dealkylation sites (tertiary alicyclic amines) is 1. The van der Waals surface area contributed by atoms with Crippen molar-refractivity contribution < 1.29 is 9.18 Å².